The van der Waals surface area contributed by atoms with Crippen molar-refractivity contribution in [3.8, 4) is 11.8 Å². The third-order valence-corrected chi connectivity index (χ3v) is 3.09. The Morgan fingerprint density at radius 1 is 1.21 bits per heavy atom. The van der Waals surface area contributed by atoms with Gasteiger partial charge in [0, 0.05) is 12.6 Å². The van der Waals surface area contributed by atoms with Gasteiger partial charge in [0.25, 0.3) is 0 Å². The van der Waals surface area contributed by atoms with E-state index in [2.05, 4.69) is 35.9 Å². The number of nitrogens with zero attached hydrogens (tertiary/aromatic N) is 1. The van der Waals surface area contributed by atoms with Crippen LogP contribution in [0.15, 0.2) is 0 Å². The molecular formula is C12H23NS. The van der Waals surface area contributed by atoms with Crippen molar-refractivity contribution in [2.75, 3.05) is 6.54 Å². The fourth-order valence-corrected chi connectivity index (χ4v) is 2.00. The van der Waals surface area contributed by atoms with Gasteiger partial charge >= 0.3 is 0 Å². The molecule has 1 saturated heterocycles. The molecule has 2 heteroatoms. The van der Waals surface area contributed by atoms with Gasteiger partial charge in [-0.25, -0.2) is 0 Å². The van der Waals surface area contributed by atoms with Crippen LogP contribution in [0.1, 0.15) is 52.9 Å². The molecule has 1 rings (SSSR count). The Morgan fingerprint density at radius 2 is 1.86 bits per heavy atom. The van der Waals surface area contributed by atoms with Crippen LogP contribution in [0.25, 0.3) is 0 Å². The molecule has 0 aromatic carbocycles. The summed E-state index contributed by atoms with van der Waals surface area (Å²) in [6.45, 7) is 7.07. The molecule has 1 heterocycles. The summed E-state index contributed by atoms with van der Waals surface area (Å²) in [4.78, 5) is 0. The summed E-state index contributed by atoms with van der Waals surface area (Å²) < 4.78 is 2.22. The summed E-state index contributed by atoms with van der Waals surface area (Å²) >= 11 is 4.44. The second-order valence-electron chi connectivity index (χ2n) is 3.57. The lowest BCUT2D eigenvalue weighted by atomic mass is 10.1. The standard InChI is InChI=1S/C8H17NS.C4H6/c1-2-8-6-4-3-5-7-9(8)10;1-3-4-2/h8,10H,2-7H2,1H3;1-2H3. The van der Waals surface area contributed by atoms with Crippen LogP contribution >= 0.6 is 12.8 Å². The topological polar surface area (TPSA) is 3.24 Å². The average Bonchev–Trinajstić information content (AvgIpc) is 2.43. The van der Waals surface area contributed by atoms with E-state index in [4.69, 9.17) is 0 Å². The molecule has 0 bridgehead atoms. The first-order valence-electron chi connectivity index (χ1n) is 5.55. The Balaban J connectivity index is 0.000000364. The lowest BCUT2D eigenvalue weighted by molar-refractivity contribution is 0.351. The molecule has 0 aliphatic carbocycles. The predicted molar refractivity (Wildman–Crippen MR) is 67.4 cm³/mol. The fraction of sp³-hybridized carbons (Fsp3) is 0.833. The monoisotopic (exact) mass is 213 g/mol. The Hall–Kier alpha value is -0.130. The minimum Gasteiger partial charge on any atom is -0.250 e. The predicted octanol–water partition coefficient (Wildman–Crippen LogP) is 3.52. The summed E-state index contributed by atoms with van der Waals surface area (Å²) in [5.74, 6) is 5.36. The van der Waals surface area contributed by atoms with Gasteiger partial charge in [0.05, 0.1) is 0 Å². The van der Waals surface area contributed by atoms with Gasteiger partial charge in [0.15, 0.2) is 0 Å². The molecule has 1 nitrogen and oxygen atoms in total. The first-order valence-corrected chi connectivity index (χ1v) is 5.95. The van der Waals surface area contributed by atoms with E-state index in [-0.39, 0.29) is 0 Å². The maximum Gasteiger partial charge on any atom is 0.0197 e. The van der Waals surface area contributed by atoms with Crippen LogP contribution in [0.2, 0.25) is 0 Å². The van der Waals surface area contributed by atoms with Gasteiger partial charge in [0.1, 0.15) is 0 Å². The molecule has 82 valence electrons. The van der Waals surface area contributed by atoms with Crippen molar-refractivity contribution in [3.05, 3.63) is 0 Å². The number of hydrogen-bond acceptors (Lipinski definition) is 2. The summed E-state index contributed by atoms with van der Waals surface area (Å²) in [5.41, 5.74) is 0. The van der Waals surface area contributed by atoms with Crippen molar-refractivity contribution in [1.29, 1.82) is 0 Å². The van der Waals surface area contributed by atoms with Crippen molar-refractivity contribution in [2.45, 2.75) is 58.9 Å². The van der Waals surface area contributed by atoms with Crippen LogP contribution in [0.5, 0.6) is 0 Å². The van der Waals surface area contributed by atoms with Crippen molar-refractivity contribution < 1.29 is 0 Å². The lowest BCUT2D eigenvalue weighted by Crippen LogP contribution is -2.25. The van der Waals surface area contributed by atoms with Gasteiger partial charge in [-0.15, -0.1) is 11.8 Å². The second-order valence-corrected chi connectivity index (χ2v) is 4.09. The highest BCUT2D eigenvalue weighted by Gasteiger charge is 2.15. The Morgan fingerprint density at radius 3 is 2.36 bits per heavy atom. The number of hydrogen-bond donors (Lipinski definition) is 1. The van der Waals surface area contributed by atoms with E-state index < -0.39 is 0 Å². The zero-order chi connectivity index (χ0) is 10.8. The highest BCUT2D eigenvalue weighted by atomic mass is 32.1. The van der Waals surface area contributed by atoms with Crippen molar-refractivity contribution in [1.82, 2.24) is 4.31 Å². The average molecular weight is 213 g/mol. The molecule has 0 aromatic rings. The maximum absolute atomic E-state index is 4.44. The van der Waals surface area contributed by atoms with Crippen LogP contribution in [0.3, 0.4) is 0 Å². The minimum atomic E-state index is 0.742. The lowest BCUT2D eigenvalue weighted by Gasteiger charge is -2.22. The van der Waals surface area contributed by atoms with E-state index in [1.807, 2.05) is 13.8 Å². The summed E-state index contributed by atoms with van der Waals surface area (Å²) in [7, 11) is 0. The quantitative estimate of drug-likeness (QED) is 0.515. The Kier molecular flexibility index (Phi) is 9.34. The maximum atomic E-state index is 4.44. The molecule has 0 saturated carbocycles. The first kappa shape index (κ1) is 13.9. The zero-order valence-electron chi connectivity index (χ0n) is 9.71. The number of rotatable bonds is 1. The Labute approximate surface area is 94.8 Å². The van der Waals surface area contributed by atoms with E-state index in [0.29, 0.717) is 0 Å². The highest BCUT2D eigenvalue weighted by Crippen LogP contribution is 2.19. The molecule has 0 aromatic heterocycles. The molecule has 1 fully saturated rings. The number of thiol groups is 1. The van der Waals surface area contributed by atoms with Gasteiger partial charge in [-0.3, -0.25) is 4.31 Å². The van der Waals surface area contributed by atoms with Gasteiger partial charge in [0.2, 0.25) is 0 Å². The third kappa shape index (κ3) is 6.34. The zero-order valence-corrected chi connectivity index (χ0v) is 10.6. The van der Waals surface area contributed by atoms with E-state index in [1.165, 1.54) is 38.6 Å². The fourth-order valence-electron chi connectivity index (χ4n) is 1.58. The van der Waals surface area contributed by atoms with Crippen LogP contribution in [-0.4, -0.2) is 16.9 Å². The SMILES string of the molecule is CC#CC.CCC1CCCCCN1S. The largest absolute Gasteiger partial charge is 0.250 e. The first-order chi connectivity index (χ1) is 6.76. The highest BCUT2D eigenvalue weighted by molar-refractivity contribution is 7.77. The molecular weight excluding hydrogens is 190 g/mol. The van der Waals surface area contributed by atoms with E-state index >= 15 is 0 Å². The van der Waals surface area contributed by atoms with Crippen LogP contribution < -0.4 is 0 Å². The van der Waals surface area contributed by atoms with Crippen LogP contribution in [-0.2, 0) is 0 Å². The van der Waals surface area contributed by atoms with Crippen molar-refractivity contribution in [3.63, 3.8) is 0 Å². The van der Waals surface area contributed by atoms with Gasteiger partial charge in [-0.1, -0.05) is 32.6 Å². The summed E-state index contributed by atoms with van der Waals surface area (Å²) in [6.07, 6.45) is 6.73. The molecule has 0 radical (unpaired) electrons. The smallest absolute Gasteiger partial charge is 0.0197 e. The molecule has 0 amide bonds. The van der Waals surface area contributed by atoms with Gasteiger partial charge in [-0.05, 0) is 33.1 Å². The molecule has 1 aliphatic rings. The Bertz CT molecular complexity index is 174. The molecule has 1 unspecified atom stereocenters. The third-order valence-electron chi connectivity index (χ3n) is 2.57. The van der Waals surface area contributed by atoms with Gasteiger partial charge < -0.3 is 0 Å². The van der Waals surface area contributed by atoms with Crippen LogP contribution in [0, 0.1) is 11.8 Å². The minimum absolute atomic E-state index is 0.742. The summed E-state index contributed by atoms with van der Waals surface area (Å²) in [5, 5.41) is 0. The molecule has 14 heavy (non-hydrogen) atoms. The molecule has 1 atom stereocenters. The van der Waals surface area contributed by atoms with Crippen LogP contribution in [0.4, 0.5) is 0 Å². The second kappa shape index (κ2) is 9.43. The molecule has 0 N–H and O–H groups in total. The van der Waals surface area contributed by atoms with Gasteiger partial charge in [-0.2, -0.15) is 0 Å². The molecule has 0 spiro atoms. The summed E-state index contributed by atoms with van der Waals surface area (Å²) in [6, 6.07) is 0.742. The van der Waals surface area contributed by atoms with E-state index in [0.717, 1.165) is 6.04 Å². The van der Waals surface area contributed by atoms with E-state index in [9.17, 15) is 0 Å². The van der Waals surface area contributed by atoms with E-state index in [1.54, 1.807) is 0 Å². The van der Waals surface area contributed by atoms with Crippen molar-refractivity contribution >= 4 is 12.8 Å². The van der Waals surface area contributed by atoms with Crippen molar-refractivity contribution in [2.24, 2.45) is 0 Å². The normalized spacial score (nSPS) is 22.4. The molecule has 1 aliphatic heterocycles.